The van der Waals surface area contributed by atoms with Crippen molar-refractivity contribution in [3.8, 4) is 0 Å². The van der Waals surface area contributed by atoms with Gasteiger partial charge < -0.3 is 9.88 Å². The Balaban J connectivity index is 1.31. The van der Waals surface area contributed by atoms with Gasteiger partial charge in [0.15, 0.2) is 5.82 Å². The molecule has 2 fully saturated rings. The highest BCUT2D eigenvalue weighted by Gasteiger charge is 2.42. The van der Waals surface area contributed by atoms with Crippen LogP contribution in [-0.4, -0.2) is 32.5 Å². The van der Waals surface area contributed by atoms with E-state index in [1.54, 1.807) is 24.3 Å². The molecule has 0 bridgehead atoms. The molecule has 2 atom stereocenters. The van der Waals surface area contributed by atoms with Crippen molar-refractivity contribution in [3.63, 3.8) is 0 Å². The van der Waals surface area contributed by atoms with E-state index in [0.29, 0.717) is 30.1 Å². The van der Waals surface area contributed by atoms with Crippen LogP contribution in [0, 0.1) is 18.8 Å². The Labute approximate surface area is 179 Å². The summed E-state index contributed by atoms with van der Waals surface area (Å²) in [5.41, 5.74) is 3.56. The molecule has 0 spiro atoms. The van der Waals surface area contributed by atoms with Gasteiger partial charge in [-0.25, -0.2) is 5.01 Å². The van der Waals surface area contributed by atoms with E-state index < -0.39 is 0 Å². The first kappa shape index (κ1) is 19.5. The van der Waals surface area contributed by atoms with Gasteiger partial charge in [0, 0.05) is 11.6 Å². The van der Waals surface area contributed by atoms with Crippen molar-refractivity contribution in [1.29, 1.82) is 0 Å². The van der Waals surface area contributed by atoms with Crippen molar-refractivity contribution in [2.45, 2.75) is 45.2 Å². The van der Waals surface area contributed by atoms with Crippen molar-refractivity contribution >= 4 is 23.4 Å². The quantitative estimate of drug-likeness (QED) is 0.717. The van der Waals surface area contributed by atoms with Gasteiger partial charge in [0.25, 0.3) is 5.91 Å². The largest absolute Gasteiger partial charge is 0.345 e. The molecule has 2 N–H and O–H groups in total. The first-order valence-corrected chi connectivity index (χ1v) is 10.6. The first-order chi connectivity index (χ1) is 15.0. The number of fused-ring (bicyclic) bond motifs is 1. The zero-order valence-corrected chi connectivity index (χ0v) is 17.2. The van der Waals surface area contributed by atoms with Crippen LogP contribution in [0.25, 0.3) is 0 Å². The van der Waals surface area contributed by atoms with E-state index in [0.717, 1.165) is 24.5 Å². The third-order valence-electron chi connectivity index (χ3n) is 6.15. The smallest absolute Gasteiger partial charge is 0.251 e. The number of amides is 3. The number of carbonyl (C=O) groups is 3. The van der Waals surface area contributed by atoms with Crippen LogP contribution >= 0.6 is 0 Å². The van der Waals surface area contributed by atoms with E-state index in [-0.39, 0.29) is 36.1 Å². The van der Waals surface area contributed by atoms with Gasteiger partial charge in [0.2, 0.25) is 11.8 Å². The molecule has 3 aliphatic rings. The molecular formula is C22H24N6O3. The zero-order chi connectivity index (χ0) is 21.5. The Hall–Kier alpha value is -3.49. The predicted octanol–water partition coefficient (Wildman–Crippen LogP) is 1.81. The average molecular weight is 420 g/mol. The third kappa shape index (κ3) is 3.60. The van der Waals surface area contributed by atoms with Crippen LogP contribution in [-0.2, 0) is 16.1 Å². The molecule has 0 unspecified atom stereocenters. The lowest BCUT2D eigenvalue weighted by atomic mass is 9.80. The second kappa shape index (κ2) is 7.64. The monoisotopic (exact) mass is 420 g/mol. The summed E-state index contributed by atoms with van der Waals surface area (Å²) in [7, 11) is 0. The number of allylic oxidation sites excluding steroid dienone is 2. The standard InChI is InChI=1S/C22H24N6O3/c1-13-24-25-19(27(13)15-9-10-15)12-23-20(29)14-5-4-6-16(11-14)28-22(31)18-8-3-2-7-17(18)21(30)26-28/h2-6,11,15,17-18H,7-10,12H2,1H3,(H,23,29)(H,26,30)/t17-,18-/m1/s1. The van der Waals surface area contributed by atoms with E-state index >= 15 is 0 Å². The van der Waals surface area contributed by atoms with Crippen molar-refractivity contribution in [1.82, 2.24) is 25.5 Å². The molecule has 2 aliphatic carbocycles. The van der Waals surface area contributed by atoms with Crippen LogP contribution < -0.4 is 15.8 Å². The highest BCUT2D eigenvalue weighted by molar-refractivity contribution is 6.05. The molecule has 1 saturated carbocycles. The number of hydrazine groups is 1. The molecule has 1 aliphatic heterocycles. The summed E-state index contributed by atoms with van der Waals surface area (Å²) in [6.45, 7) is 2.19. The lowest BCUT2D eigenvalue weighted by Gasteiger charge is -2.38. The fourth-order valence-electron chi connectivity index (χ4n) is 4.37. The van der Waals surface area contributed by atoms with Crippen LogP contribution in [0.15, 0.2) is 36.4 Å². The molecule has 160 valence electrons. The molecule has 1 saturated heterocycles. The maximum Gasteiger partial charge on any atom is 0.251 e. The van der Waals surface area contributed by atoms with Gasteiger partial charge in [-0.1, -0.05) is 18.2 Å². The molecular weight excluding hydrogens is 396 g/mol. The summed E-state index contributed by atoms with van der Waals surface area (Å²) in [5, 5.41) is 12.5. The summed E-state index contributed by atoms with van der Waals surface area (Å²) in [6, 6.07) is 7.13. The number of anilines is 1. The molecule has 0 radical (unpaired) electrons. The minimum absolute atomic E-state index is 0.153. The van der Waals surface area contributed by atoms with Gasteiger partial charge in [0.1, 0.15) is 5.82 Å². The Morgan fingerprint density at radius 1 is 1.16 bits per heavy atom. The van der Waals surface area contributed by atoms with E-state index in [1.165, 1.54) is 5.01 Å². The number of nitrogens with one attached hydrogen (secondary N) is 2. The number of hydrogen-bond donors (Lipinski definition) is 2. The molecule has 9 nitrogen and oxygen atoms in total. The molecule has 31 heavy (non-hydrogen) atoms. The van der Waals surface area contributed by atoms with Gasteiger partial charge in [-0.15, -0.1) is 10.2 Å². The molecule has 5 rings (SSSR count). The molecule has 1 aromatic heterocycles. The number of carbonyl (C=O) groups excluding carboxylic acids is 3. The van der Waals surface area contributed by atoms with Gasteiger partial charge in [0.05, 0.1) is 24.1 Å². The molecule has 9 heteroatoms. The average Bonchev–Trinajstić information content (AvgIpc) is 3.56. The molecule has 2 aromatic rings. The Morgan fingerprint density at radius 2 is 1.94 bits per heavy atom. The van der Waals surface area contributed by atoms with E-state index in [4.69, 9.17) is 0 Å². The fraction of sp³-hybridized carbons (Fsp3) is 0.409. The van der Waals surface area contributed by atoms with Crippen LogP contribution in [0.2, 0.25) is 0 Å². The van der Waals surface area contributed by atoms with Crippen LogP contribution in [0.3, 0.4) is 0 Å². The first-order valence-electron chi connectivity index (χ1n) is 10.6. The molecule has 3 amide bonds. The van der Waals surface area contributed by atoms with Crippen LogP contribution in [0.1, 0.15) is 53.7 Å². The Bertz CT molecular complexity index is 1090. The molecule has 2 heterocycles. The summed E-state index contributed by atoms with van der Waals surface area (Å²) in [6.07, 6.45) is 7.23. The van der Waals surface area contributed by atoms with Crippen molar-refractivity contribution < 1.29 is 14.4 Å². The number of benzene rings is 1. The van der Waals surface area contributed by atoms with Gasteiger partial charge >= 0.3 is 0 Å². The van der Waals surface area contributed by atoms with Crippen LogP contribution in [0.5, 0.6) is 0 Å². The lowest BCUT2D eigenvalue weighted by Crippen LogP contribution is -2.59. The Morgan fingerprint density at radius 3 is 2.71 bits per heavy atom. The number of nitrogens with zero attached hydrogens (tertiary/aromatic N) is 4. The molecule has 1 aromatic carbocycles. The minimum Gasteiger partial charge on any atom is -0.345 e. The van der Waals surface area contributed by atoms with E-state index in [9.17, 15) is 14.4 Å². The highest BCUT2D eigenvalue weighted by Crippen LogP contribution is 2.36. The SMILES string of the molecule is Cc1nnc(CNC(=O)c2cccc(N3NC(=O)[C@@H]4CC=CC[C@H]4C3=O)c2)n1C1CC1. The number of aromatic nitrogens is 3. The second-order valence-corrected chi connectivity index (χ2v) is 8.30. The second-order valence-electron chi connectivity index (χ2n) is 8.30. The summed E-state index contributed by atoms with van der Waals surface area (Å²) in [4.78, 5) is 38.2. The highest BCUT2D eigenvalue weighted by atomic mass is 16.2. The minimum atomic E-state index is -0.367. The Kier molecular flexibility index (Phi) is 4.80. The van der Waals surface area contributed by atoms with Crippen molar-refractivity contribution in [2.24, 2.45) is 11.8 Å². The van der Waals surface area contributed by atoms with Crippen molar-refractivity contribution in [3.05, 3.63) is 53.6 Å². The number of hydrogen-bond acceptors (Lipinski definition) is 5. The number of rotatable bonds is 5. The van der Waals surface area contributed by atoms with Gasteiger partial charge in [-0.3, -0.25) is 19.8 Å². The summed E-state index contributed by atoms with van der Waals surface area (Å²) in [5.74, 6) is 0.293. The normalized spacial score (nSPS) is 22.8. The summed E-state index contributed by atoms with van der Waals surface area (Å²) >= 11 is 0. The zero-order valence-electron chi connectivity index (χ0n) is 17.2. The van der Waals surface area contributed by atoms with Gasteiger partial charge in [-0.2, -0.15) is 0 Å². The maximum absolute atomic E-state index is 13.0. The van der Waals surface area contributed by atoms with Gasteiger partial charge in [-0.05, 0) is 50.8 Å². The third-order valence-corrected chi connectivity index (χ3v) is 6.15. The number of aryl methyl sites for hydroxylation is 1. The maximum atomic E-state index is 13.0. The summed E-state index contributed by atoms with van der Waals surface area (Å²) < 4.78 is 2.08. The topological polar surface area (TPSA) is 109 Å². The van der Waals surface area contributed by atoms with Crippen LogP contribution in [0.4, 0.5) is 5.69 Å². The fourth-order valence-corrected chi connectivity index (χ4v) is 4.37. The predicted molar refractivity (Wildman–Crippen MR) is 112 cm³/mol. The van der Waals surface area contributed by atoms with E-state index in [1.807, 2.05) is 19.1 Å². The van der Waals surface area contributed by atoms with Crippen molar-refractivity contribution in [2.75, 3.05) is 5.01 Å². The lowest BCUT2D eigenvalue weighted by molar-refractivity contribution is -0.139. The van der Waals surface area contributed by atoms with E-state index in [2.05, 4.69) is 25.5 Å².